The van der Waals surface area contributed by atoms with Crippen LogP contribution in [0.4, 0.5) is 0 Å². The molecule has 2 aromatic rings. The first-order chi connectivity index (χ1) is 8.11. The molecule has 0 saturated carbocycles. The fourth-order valence-electron chi connectivity index (χ4n) is 1.71. The highest BCUT2D eigenvalue weighted by Crippen LogP contribution is 2.22. The van der Waals surface area contributed by atoms with Gasteiger partial charge in [0.05, 0.1) is 29.6 Å². The minimum atomic E-state index is -0.595. The molecular formula is C13H13N3O. The summed E-state index contributed by atoms with van der Waals surface area (Å²) in [5.74, 6) is 0. The van der Waals surface area contributed by atoms with E-state index in [4.69, 9.17) is 5.26 Å². The number of nitriles is 1. The number of hydrogen-bond donors (Lipinski definition) is 1. The maximum Gasteiger partial charge on any atom is 0.0992 e. The van der Waals surface area contributed by atoms with Gasteiger partial charge in [0.25, 0.3) is 0 Å². The lowest BCUT2D eigenvalue weighted by atomic mass is 10.1. The highest BCUT2D eigenvalue weighted by molar-refractivity contribution is 5.48. The van der Waals surface area contributed by atoms with E-state index in [0.29, 0.717) is 5.56 Å². The van der Waals surface area contributed by atoms with Crippen molar-refractivity contribution in [3.05, 3.63) is 47.3 Å². The Morgan fingerprint density at radius 3 is 2.76 bits per heavy atom. The van der Waals surface area contributed by atoms with Crippen LogP contribution in [0.5, 0.6) is 0 Å². The minimum Gasteiger partial charge on any atom is -0.389 e. The summed E-state index contributed by atoms with van der Waals surface area (Å²) in [6.45, 7) is 3.64. The summed E-state index contributed by atoms with van der Waals surface area (Å²) in [5.41, 5.74) is 3.08. The van der Waals surface area contributed by atoms with Crippen LogP contribution in [0.1, 0.15) is 29.7 Å². The monoisotopic (exact) mass is 227 g/mol. The molecule has 0 aliphatic carbocycles. The van der Waals surface area contributed by atoms with Crippen molar-refractivity contribution < 1.29 is 5.11 Å². The van der Waals surface area contributed by atoms with Crippen molar-refractivity contribution in [1.29, 1.82) is 5.26 Å². The summed E-state index contributed by atoms with van der Waals surface area (Å²) in [7, 11) is 0. The van der Waals surface area contributed by atoms with Gasteiger partial charge >= 0.3 is 0 Å². The first-order valence-electron chi connectivity index (χ1n) is 5.35. The zero-order chi connectivity index (χ0) is 12.4. The summed E-state index contributed by atoms with van der Waals surface area (Å²) in [4.78, 5) is 0. The molecule has 0 fully saturated rings. The van der Waals surface area contributed by atoms with Crippen LogP contribution >= 0.6 is 0 Å². The molecule has 4 nitrogen and oxygen atoms in total. The Morgan fingerprint density at radius 1 is 1.47 bits per heavy atom. The number of aryl methyl sites for hydroxylation is 1. The van der Waals surface area contributed by atoms with Crippen LogP contribution in [0.25, 0.3) is 5.69 Å². The Kier molecular flexibility index (Phi) is 2.94. The average Bonchev–Trinajstić information content (AvgIpc) is 2.75. The lowest BCUT2D eigenvalue weighted by Crippen LogP contribution is -2.03. The third-order valence-corrected chi connectivity index (χ3v) is 2.57. The second-order valence-corrected chi connectivity index (χ2v) is 4.02. The van der Waals surface area contributed by atoms with Crippen LogP contribution in [0.3, 0.4) is 0 Å². The molecule has 1 aromatic carbocycles. The standard InChI is InChI=1S/C13H13N3O/c1-9-7-15-16(8-9)13-5-11(6-14)3-4-12(13)10(2)17/h3-5,7-8,10,17H,1-2H3/t10-/m1/s1. The van der Waals surface area contributed by atoms with Gasteiger partial charge in [-0.25, -0.2) is 4.68 Å². The van der Waals surface area contributed by atoms with Crippen molar-refractivity contribution in [2.45, 2.75) is 20.0 Å². The van der Waals surface area contributed by atoms with Gasteiger partial charge in [0.1, 0.15) is 0 Å². The van der Waals surface area contributed by atoms with E-state index in [-0.39, 0.29) is 0 Å². The maximum atomic E-state index is 9.71. The molecule has 0 bridgehead atoms. The quantitative estimate of drug-likeness (QED) is 0.854. The number of nitrogens with zero attached hydrogens (tertiary/aromatic N) is 3. The van der Waals surface area contributed by atoms with Crippen LogP contribution in [0.15, 0.2) is 30.6 Å². The highest BCUT2D eigenvalue weighted by Gasteiger charge is 2.11. The number of benzene rings is 1. The predicted molar refractivity (Wildman–Crippen MR) is 63.6 cm³/mol. The number of rotatable bonds is 2. The second-order valence-electron chi connectivity index (χ2n) is 4.02. The molecule has 86 valence electrons. The van der Waals surface area contributed by atoms with Gasteiger partial charge in [-0.2, -0.15) is 10.4 Å². The van der Waals surface area contributed by atoms with Gasteiger partial charge in [0.15, 0.2) is 0 Å². The van der Waals surface area contributed by atoms with Gasteiger partial charge in [0, 0.05) is 11.8 Å². The van der Waals surface area contributed by atoms with Gasteiger partial charge in [0.2, 0.25) is 0 Å². The summed E-state index contributed by atoms with van der Waals surface area (Å²) < 4.78 is 1.68. The van der Waals surface area contributed by atoms with E-state index in [1.807, 2.05) is 13.1 Å². The molecule has 0 unspecified atom stereocenters. The van der Waals surface area contributed by atoms with Crippen molar-refractivity contribution >= 4 is 0 Å². The van der Waals surface area contributed by atoms with E-state index in [1.54, 1.807) is 36.0 Å². The van der Waals surface area contributed by atoms with Crippen LogP contribution in [0.2, 0.25) is 0 Å². The summed E-state index contributed by atoms with van der Waals surface area (Å²) >= 11 is 0. The molecule has 1 N–H and O–H groups in total. The van der Waals surface area contributed by atoms with Crippen LogP contribution in [-0.4, -0.2) is 14.9 Å². The van der Waals surface area contributed by atoms with E-state index in [9.17, 15) is 5.11 Å². The fourth-order valence-corrected chi connectivity index (χ4v) is 1.71. The minimum absolute atomic E-state index is 0.553. The lowest BCUT2D eigenvalue weighted by molar-refractivity contribution is 0.199. The Balaban J connectivity index is 2.61. The van der Waals surface area contributed by atoms with E-state index in [1.165, 1.54) is 0 Å². The van der Waals surface area contributed by atoms with Gasteiger partial charge in [-0.1, -0.05) is 6.07 Å². The third kappa shape index (κ3) is 2.19. The van der Waals surface area contributed by atoms with E-state index < -0.39 is 6.10 Å². The SMILES string of the molecule is Cc1cnn(-c2cc(C#N)ccc2[C@@H](C)O)c1. The number of hydrogen-bond acceptors (Lipinski definition) is 3. The molecule has 17 heavy (non-hydrogen) atoms. The Labute approximate surface area is 99.7 Å². The molecule has 4 heteroatoms. The Morgan fingerprint density at radius 2 is 2.24 bits per heavy atom. The van der Waals surface area contributed by atoms with Crippen LogP contribution in [0, 0.1) is 18.3 Å². The van der Waals surface area contributed by atoms with Gasteiger partial charge in [-0.3, -0.25) is 0 Å². The smallest absolute Gasteiger partial charge is 0.0992 e. The molecule has 1 aromatic heterocycles. The molecule has 1 atom stereocenters. The lowest BCUT2D eigenvalue weighted by Gasteiger charge is -2.12. The molecule has 1 heterocycles. The summed E-state index contributed by atoms with van der Waals surface area (Å²) in [5, 5.41) is 22.8. The molecule has 0 aliphatic rings. The van der Waals surface area contributed by atoms with E-state index >= 15 is 0 Å². The van der Waals surface area contributed by atoms with Crippen molar-refractivity contribution in [3.63, 3.8) is 0 Å². The van der Waals surface area contributed by atoms with E-state index in [0.717, 1.165) is 16.8 Å². The van der Waals surface area contributed by atoms with E-state index in [2.05, 4.69) is 11.2 Å². The largest absolute Gasteiger partial charge is 0.389 e. The van der Waals surface area contributed by atoms with Gasteiger partial charge in [-0.15, -0.1) is 0 Å². The second kappa shape index (κ2) is 4.40. The molecule has 0 spiro atoms. The van der Waals surface area contributed by atoms with Crippen molar-refractivity contribution in [2.75, 3.05) is 0 Å². The molecule has 0 radical (unpaired) electrons. The summed E-state index contributed by atoms with van der Waals surface area (Å²) in [6.07, 6.45) is 3.01. The topological polar surface area (TPSA) is 61.8 Å². The fraction of sp³-hybridized carbons (Fsp3) is 0.231. The van der Waals surface area contributed by atoms with Gasteiger partial charge in [-0.05, 0) is 31.5 Å². The first kappa shape index (κ1) is 11.4. The molecule has 0 aliphatic heterocycles. The normalized spacial score (nSPS) is 12.1. The highest BCUT2D eigenvalue weighted by atomic mass is 16.3. The number of aliphatic hydroxyl groups is 1. The van der Waals surface area contributed by atoms with Gasteiger partial charge < -0.3 is 5.11 Å². The average molecular weight is 227 g/mol. The van der Waals surface area contributed by atoms with Crippen molar-refractivity contribution in [1.82, 2.24) is 9.78 Å². The number of aliphatic hydroxyl groups excluding tert-OH is 1. The predicted octanol–water partition coefficient (Wildman–Crippen LogP) is 2.11. The Bertz CT molecular complexity index is 579. The van der Waals surface area contributed by atoms with Crippen molar-refractivity contribution in [2.24, 2.45) is 0 Å². The Hall–Kier alpha value is -2.12. The molecular weight excluding hydrogens is 214 g/mol. The molecule has 0 amide bonds. The maximum absolute atomic E-state index is 9.71. The zero-order valence-corrected chi connectivity index (χ0v) is 9.75. The third-order valence-electron chi connectivity index (χ3n) is 2.57. The zero-order valence-electron chi connectivity index (χ0n) is 9.75. The molecule has 0 saturated heterocycles. The summed E-state index contributed by atoms with van der Waals surface area (Å²) in [6, 6.07) is 7.27. The number of aromatic nitrogens is 2. The first-order valence-corrected chi connectivity index (χ1v) is 5.35. The van der Waals surface area contributed by atoms with Crippen LogP contribution < -0.4 is 0 Å². The molecule has 2 rings (SSSR count). The van der Waals surface area contributed by atoms with Crippen LogP contribution in [-0.2, 0) is 0 Å². The van der Waals surface area contributed by atoms with Crippen molar-refractivity contribution in [3.8, 4) is 11.8 Å².